The Morgan fingerprint density at radius 3 is 2.50 bits per heavy atom. The van der Waals surface area contributed by atoms with Gasteiger partial charge in [-0.15, -0.1) is 0 Å². The molecule has 110 valence electrons. The van der Waals surface area contributed by atoms with Crippen LogP contribution in [0.5, 0.6) is 0 Å². The normalized spacial score (nSPS) is 37.0. The number of carboxylic acids is 1. The standard InChI is InChI=1S/C15H22N2O3/c18-13(19)11-7-10-3-4-12(11)17(10)14(20)16-8-15(5-6-15)9-1-2-9/h9-12H,1-8H2,(H,16,20)(H,18,19). The molecule has 3 atom stereocenters. The van der Waals surface area contributed by atoms with E-state index < -0.39 is 5.97 Å². The molecule has 4 fully saturated rings. The summed E-state index contributed by atoms with van der Waals surface area (Å²) in [5.74, 6) is -0.255. The van der Waals surface area contributed by atoms with Gasteiger partial charge in [0.2, 0.25) is 0 Å². The molecule has 4 aliphatic rings. The Morgan fingerprint density at radius 1 is 1.20 bits per heavy atom. The zero-order valence-electron chi connectivity index (χ0n) is 11.7. The van der Waals surface area contributed by atoms with Crippen molar-refractivity contribution < 1.29 is 14.7 Å². The van der Waals surface area contributed by atoms with Crippen LogP contribution in [-0.4, -0.2) is 40.6 Å². The van der Waals surface area contributed by atoms with Gasteiger partial charge in [-0.2, -0.15) is 0 Å². The van der Waals surface area contributed by atoms with Gasteiger partial charge in [0, 0.05) is 18.6 Å². The van der Waals surface area contributed by atoms with Crippen molar-refractivity contribution in [1.82, 2.24) is 10.2 Å². The van der Waals surface area contributed by atoms with E-state index in [-0.39, 0.29) is 24.0 Å². The van der Waals surface area contributed by atoms with Gasteiger partial charge in [0.1, 0.15) is 0 Å². The number of amides is 2. The molecular formula is C15H22N2O3. The Bertz CT molecular complexity index is 456. The van der Waals surface area contributed by atoms with Crippen molar-refractivity contribution in [2.45, 2.75) is 57.0 Å². The number of urea groups is 1. The first-order valence-corrected chi connectivity index (χ1v) is 7.90. The molecule has 2 N–H and O–H groups in total. The molecule has 2 amide bonds. The van der Waals surface area contributed by atoms with E-state index in [0.29, 0.717) is 11.8 Å². The lowest BCUT2D eigenvalue weighted by atomic mass is 9.89. The van der Waals surface area contributed by atoms with E-state index in [9.17, 15) is 14.7 Å². The molecule has 2 aliphatic carbocycles. The van der Waals surface area contributed by atoms with E-state index in [4.69, 9.17) is 0 Å². The Morgan fingerprint density at radius 2 is 1.95 bits per heavy atom. The lowest BCUT2D eigenvalue weighted by molar-refractivity contribution is -0.142. The number of carbonyl (C=O) groups is 2. The quantitative estimate of drug-likeness (QED) is 0.824. The second kappa shape index (κ2) is 4.12. The summed E-state index contributed by atoms with van der Waals surface area (Å²) in [6.07, 6.45) is 7.61. The highest BCUT2D eigenvalue weighted by molar-refractivity contribution is 5.79. The third-order valence-corrected chi connectivity index (χ3v) is 6.02. The Hall–Kier alpha value is -1.26. The number of fused-ring (bicyclic) bond motifs is 2. The highest BCUT2D eigenvalue weighted by atomic mass is 16.4. The van der Waals surface area contributed by atoms with Gasteiger partial charge < -0.3 is 15.3 Å². The van der Waals surface area contributed by atoms with Crippen LogP contribution < -0.4 is 5.32 Å². The summed E-state index contributed by atoms with van der Waals surface area (Å²) in [6, 6.07) is 0.0546. The molecule has 0 aromatic rings. The minimum absolute atomic E-state index is 0.0202. The molecule has 0 spiro atoms. The van der Waals surface area contributed by atoms with E-state index in [0.717, 1.165) is 25.3 Å². The predicted molar refractivity (Wildman–Crippen MR) is 72.2 cm³/mol. The first kappa shape index (κ1) is 12.5. The summed E-state index contributed by atoms with van der Waals surface area (Å²) >= 11 is 0. The van der Waals surface area contributed by atoms with Crippen molar-refractivity contribution in [2.75, 3.05) is 6.54 Å². The van der Waals surface area contributed by atoms with Gasteiger partial charge in [-0.05, 0) is 56.3 Å². The summed E-state index contributed by atoms with van der Waals surface area (Å²) in [7, 11) is 0. The van der Waals surface area contributed by atoms with Crippen molar-refractivity contribution in [2.24, 2.45) is 17.3 Å². The van der Waals surface area contributed by atoms with Crippen molar-refractivity contribution in [1.29, 1.82) is 0 Å². The molecule has 2 saturated carbocycles. The maximum Gasteiger partial charge on any atom is 0.317 e. The van der Waals surface area contributed by atoms with Crippen LogP contribution in [0.3, 0.4) is 0 Å². The molecule has 5 nitrogen and oxygen atoms in total. The summed E-state index contributed by atoms with van der Waals surface area (Å²) in [4.78, 5) is 25.5. The highest BCUT2D eigenvalue weighted by Crippen LogP contribution is 2.60. The molecule has 0 radical (unpaired) electrons. The Labute approximate surface area is 118 Å². The van der Waals surface area contributed by atoms with Gasteiger partial charge in [0.05, 0.1) is 5.92 Å². The Kier molecular flexibility index (Phi) is 2.57. The number of hydrogen-bond acceptors (Lipinski definition) is 2. The van der Waals surface area contributed by atoms with E-state index in [1.807, 2.05) is 4.90 Å². The van der Waals surface area contributed by atoms with Crippen LogP contribution >= 0.6 is 0 Å². The third kappa shape index (κ3) is 1.82. The second-order valence-corrected chi connectivity index (χ2v) is 7.18. The molecule has 2 aliphatic heterocycles. The van der Waals surface area contributed by atoms with Crippen molar-refractivity contribution in [3.63, 3.8) is 0 Å². The average Bonchev–Trinajstić information content (AvgIpc) is 3.33. The molecule has 4 rings (SSSR count). The molecule has 2 bridgehead atoms. The molecule has 0 aromatic heterocycles. The third-order valence-electron chi connectivity index (χ3n) is 6.02. The number of hydrogen-bond donors (Lipinski definition) is 2. The van der Waals surface area contributed by atoms with Crippen molar-refractivity contribution in [3.05, 3.63) is 0 Å². The first-order valence-electron chi connectivity index (χ1n) is 7.90. The van der Waals surface area contributed by atoms with Gasteiger partial charge >= 0.3 is 12.0 Å². The van der Waals surface area contributed by atoms with Crippen LogP contribution in [0.4, 0.5) is 4.79 Å². The largest absolute Gasteiger partial charge is 0.481 e. The van der Waals surface area contributed by atoms with Gasteiger partial charge in [-0.1, -0.05) is 0 Å². The van der Waals surface area contributed by atoms with E-state index in [1.54, 1.807) is 0 Å². The smallest absolute Gasteiger partial charge is 0.317 e. The maximum atomic E-state index is 12.4. The van der Waals surface area contributed by atoms with Crippen LogP contribution in [0.25, 0.3) is 0 Å². The number of nitrogens with zero attached hydrogens (tertiary/aromatic N) is 1. The zero-order chi connectivity index (χ0) is 13.9. The minimum atomic E-state index is -0.744. The van der Waals surface area contributed by atoms with Gasteiger partial charge in [-0.25, -0.2) is 4.79 Å². The molecular weight excluding hydrogens is 256 g/mol. The molecule has 2 heterocycles. The number of nitrogens with one attached hydrogen (secondary N) is 1. The van der Waals surface area contributed by atoms with E-state index in [1.165, 1.54) is 25.7 Å². The monoisotopic (exact) mass is 278 g/mol. The van der Waals surface area contributed by atoms with Crippen LogP contribution in [0.1, 0.15) is 44.9 Å². The average molecular weight is 278 g/mol. The van der Waals surface area contributed by atoms with E-state index >= 15 is 0 Å². The lowest BCUT2D eigenvalue weighted by Crippen LogP contribution is -2.46. The molecule has 20 heavy (non-hydrogen) atoms. The zero-order valence-corrected chi connectivity index (χ0v) is 11.7. The van der Waals surface area contributed by atoms with Crippen LogP contribution in [-0.2, 0) is 4.79 Å². The summed E-state index contributed by atoms with van der Waals surface area (Å²) in [5.41, 5.74) is 0.403. The summed E-state index contributed by atoms with van der Waals surface area (Å²) in [6.45, 7) is 0.796. The van der Waals surface area contributed by atoms with Crippen LogP contribution in [0, 0.1) is 17.3 Å². The minimum Gasteiger partial charge on any atom is -0.481 e. The van der Waals surface area contributed by atoms with E-state index in [2.05, 4.69) is 5.32 Å². The fraction of sp³-hybridized carbons (Fsp3) is 0.867. The molecule has 2 saturated heterocycles. The number of carboxylic acid groups (broad SMARTS) is 1. The van der Waals surface area contributed by atoms with Gasteiger partial charge in [0.15, 0.2) is 0 Å². The SMILES string of the molecule is O=C(O)C1CC2CCC1N2C(=O)NCC1(C2CC2)CC1. The number of rotatable bonds is 4. The van der Waals surface area contributed by atoms with Crippen molar-refractivity contribution >= 4 is 12.0 Å². The summed E-state index contributed by atoms with van der Waals surface area (Å²) < 4.78 is 0. The molecule has 3 unspecified atom stereocenters. The maximum absolute atomic E-state index is 12.4. The second-order valence-electron chi connectivity index (χ2n) is 7.18. The fourth-order valence-corrected chi connectivity index (χ4v) is 4.50. The lowest BCUT2D eigenvalue weighted by Gasteiger charge is -2.25. The number of carbonyl (C=O) groups excluding carboxylic acids is 1. The fourth-order valence-electron chi connectivity index (χ4n) is 4.50. The van der Waals surface area contributed by atoms with Gasteiger partial charge in [0.25, 0.3) is 0 Å². The van der Waals surface area contributed by atoms with Crippen molar-refractivity contribution in [3.8, 4) is 0 Å². The van der Waals surface area contributed by atoms with Crippen LogP contribution in [0.15, 0.2) is 0 Å². The topological polar surface area (TPSA) is 69.6 Å². The molecule has 0 aromatic carbocycles. The predicted octanol–water partition coefficient (Wildman–Crippen LogP) is 1.82. The number of aliphatic carboxylic acids is 1. The molecule has 5 heteroatoms. The van der Waals surface area contributed by atoms with Crippen LogP contribution in [0.2, 0.25) is 0 Å². The first-order chi connectivity index (χ1) is 9.61. The Balaban J connectivity index is 1.38. The summed E-state index contributed by atoms with van der Waals surface area (Å²) in [5, 5.41) is 12.3. The highest BCUT2D eigenvalue weighted by Gasteiger charge is 2.55. The van der Waals surface area contributed by atoms with Gasteiger partial charge in [-0.3, -0.25) is 4.79 Å².